The fraction of sp³-hybridized carbons (Fsp3) is 0.133. The Balaban J connectivity index is 2.18. The molecule has 0 unspecified atom stereocenters. The molecule has 21 heavy (non-hydrogen) atoms. The number of sulfonamides is 1. The zero-order valence-corrected chi connectivity index (χ0v) is 12.4. The molecule has 0 spiro atoms. The lowest BCUT2D eigenvalue weighted by Crippen LogP contribution is -2.24. The Kier molecular flexibility index (Phi) is 4.72. The van der Waals surface area contributed by atoms with Gasteiger partial charge < -0.3 is 5.32 Å². The molecule has 0 aliphatic heterocycles. The maximum atomic E-state index is 12.2. The molecule has 0 heterocycles. The summed E-state index contributed by atoms with van der Waals surface area (Å²) < 4.78 is 27.0. The summed E-state index contributed by atoms with van der Waals surface area (Å²) in [5, 5.41) is 2.46. The van der Waals surface area contributed by atoms with Crippen LogP contribution in [0.1, 0.15) is 15.9 Å². The van der Waals surface area contributed by atoms with Crippen LogP contribution in [0.2, 0.25) is 0 Å². The number of amides is 1. The van der Waals surface area contributed by atoms with Crippen LogP contribution in [0.5, 0.6) is 0 Å². The van der Waals surface area contributed by atoms with E-state index in [0.29, 0.717) is 5.56 Å². The Morgan fingerprint density at radius 2 is 1.76 bits per heavy atom. The van der Waals surface area contributed by atoms with Gasteiger partial charge in [0.15, 0.2) is 0 Å². The van der Waals surface area contributed by atoms with E-state index in [9.17, 15) is 13.2 Å². The van der Waals surface area contributed by atoms with E-state index in [1.807, 2.05) is 30.3 Å². The van der Waals surface area contributed by atoms with Crippen molar-refractivity contribution in [3.8, 4) is 0 Å². The smallest absolute Gasteiger partial charge is 0.251 e. The van der Waals surface area contributed by atoms with Crippen molar-refractivity contribution in [2.75, 3.05) is 7.05 Å². The quantitative estimate of drug-likeness (QED) is 0.879. The lowest BCUT2D eigenvalue weighted by molar-refractivity contribution is 0.0963. The van der Waals surface area contributed by atoms with Crippen molar-refractivity contribution >= 4 is 15.9 Å². The molecule has 0 fully saturated rings. The Morgan fingerprint density at radius 1 is 1.05 bits per heavy atom. The Bertz CT molecular complexity index is 728. The van der Waals surface area contributed by atoms with E-state index >= 15 is 0 Å². The van der Waals surface area contributed by atoms with Gasteiger partial charge in [0.1, 0.15) is 0 Å². The average Bonchev–Trinajstić information content (AvgIpc) is 2.53. The molecule has 2 aromatic rings. The molecule has 0 radical (unpaired) electrons. The van der Waals surface area contributed by atoms with Crippen molar-refractivity contribution in [1.82, 2.24) is 10.0 Å². The highest BCUT2D eigenvalue weighted by atomic mass is 32.2. The fourth-order valence-electron chi connectivity index (χ4n) is 1.81. The molecule has 2 aromatic carbocycles. The second kappa shape index (κ2) is 6.51. The van der Waals surface area contributed by atoms with Crippen LogP contribution >= 0.6 is 0 Å². The number of hydrogen-bond acceptors (Lipinski definition) is 3. The maximum absolute atomic E-state index is 12.2. The second-order valence-electron chi connectivity index (χ2n) is 4.42. The lowest BCUT2D eigenvalue weighted by atomic mass is 10.2. The SMILES string of the molecule is CNC(=O)c1cccc(S(=O)(=O)NCc2ccccc2)c1. The van der Waals surface area contributed by atoms with E-state index in [4.69, 9.17) is 0 Å². The summed E-state index contributed by atoms with van der Waals surface area (Å²) in [6.45, 7) is 0.202. The molecule has 0 saturated heterocycles. The Labute approximate surface area is 124 Å². The van der Waals surface area contributed by atoms with Crippen molar-refractivity contribution < 1.29 is 13.2 Å². The molecule has 110 valence electrons. The molecule has 1 amide bonds. The molecule has 0 aliphatic carbocycles. The predicted molar refractivity (Wildman–Crippen MR) is 80.3 cm³/mol. The van der Waals surface area contributed by atoms with Crippen LogP contribution in [0.15, 0.2) is 59.5 Å². The molecule has 0 aliphatic rings. The molecule has 0 atom stereocenters. The first-order valence-electron chi connectivity index (χ1n) is 6.38. The van der Waals surface area contributed by atoms with Gasteiger partial charge in [-0.15, -0.1) is 0 Å². The molecule has 6 heteroatoms. The Morgan fingerprint density at radius 3 is 2.43 bits per heavy atom. The van der Waals surface area contributed by atoms with Crippen LogP contribution < -0.4 is 10.0 Å². The number of rotatable bonds is 5. The third-order valence-electron chi connectivity index (χ3n) is 2.94. The highest BCUT2D eigenvalue weighted by Crippen LogP contribution is 2.12. The average molecular weight is 304 g/mol. The first kappa shape index (κ1) is 15.2. The van der Waals surface area contributed by atoms with Crippen molar-refractivity contribution in [3.63, 3.8) is 0 Å². The van der Waals surface area contributed by atoms with Crippen LogP contribution in [-0.4, -0.2) is 21.4 Å². The lowest BCUT2D eigenvalue weighted by Gasteiger charge is -2.08. The van der Waals surface area contributed by atoms with Gasteiger partial charge in [-0.05, 0) is 23.8 Å². The summed E-state index contributed by atoms with van der Waals surface area (Å²) in [5.41, 5.74) is 1.17. The Hall–Kier alpha value is -2.18. The first-order valence-corrected chi connectivity index (χ1v) is 7.87. The minimum absolute atomic E-state index is 0.0690. The highest BCUT2D eigenvalue weighted by Gasteiger charge is 2.15. The van der Waals surface area contributed by atoms with Gasteiger partial charge in [0.05, 0.1) is 4.90 Å². The summed E-state index contributed by atoms with van der Waals surface area (Å²) >= 11 is 0. The van der Waals surface area contributed by atoms with Gasteiger partial charge in [0.2, 0.25) is 10.0 Å². The fourth-order valence-corrected chi connectivity index (χ4v) is 2.87. The van der Waals surface area contributed by atoms with Gasteiger partial charge >= 0.3 is 0 Å². The number of carbonyl (C=O) groups excluding carboxylic acids is 1. The molecule has 2 rings (SSSR count). The van der Waals surface area contributed by atoms with E-state index in [-0.39, 0.29) is 17.3 Å². The molecular weight excluding hydrogens is 288 g/mol. The van der Waals surface area contributed by atoms with Gasteiger partial charge in [-0.1, -0.05) is 36.4 Å². The van der Waals surface area contributed by atoms with E-state index in [1.54, 1.807) is 12.1 Å². The number of benzene rings is 2. The third kappa shape index (κ3) is 3.90. The monoisotopic (exact) mass is 304 g/mol. The molecule has 5 nitrogen and oxygen atoms in total. The summed E-state index contributed by atoms with van der Waals surface area (Å²) in [5.74, 6) is -0.324. The highest BCUT2D eigenvalue weighted by molar-refractivity contribution is 7.89. The standard InChI is InChI=1S/C15H16N2O3S/c1-16-15(18)13-8-5-9-14(10-13)21(19,20)17-11-12-6-3-2-4-7-12/h2-10,17H,11H2,1H3,(H,16,18). The summed E-state index contributed by atoms with van der Waals surface area (Å²) in [7, 11) is -2.16. The number of nitrogens with one attached hydrogen (secondary N) is 2. The first-order chi connectivity index (χ1) is 10.0. The zero-order valence-electron chi connectivity index (χ0n) is 11.5. The van der Waals surface area contributed by atoms with Crippen molar-refractivity contribution in [3.05, 3.63) is 65.7 Å². The van der Waals surface area contributed by atoms with Crippen LogP contribution in [0, 0.1) is 0 Å². The van der Waals surface area contributed by atoms with Gasteiger partial charge in [0.25, 0.3) is 5.91 Å². The predicted octanol–water partition coefficient (Wildman–Crippen LogP) is 1.52. The van der Waals surface area contributed by atoms with E-state index in [0.717, 1.165) is 5.56 Å². The molecular formula is C15H16N2O3S. The van der Waals surface area contributed by atoms with Crippen molar-refractivity contribution in [2.45, 2.75) is 11.4 Å². The number of hydrogen-bond donors (Lipinski definition) is 2. The second-order valence-corrected chi connectivity index (χ2v) is 6.18. The van der Waals surface area contributed by atoms with Crippen molar-refractivity contribution in [2.24, 2.45) is 0 Å². The topological polar surface area (TPSA) is 75.3 Å². The van der Waals surface area contributed by atoms with Crippen LogP contribution in [0.25, 0.3) is 0 Å². The van der Waals surface area contributed by atoms with Gasteiger partial charge in [0, 0.05) is 19.2 Å². The zero-order chi connectivity index (χ0) is 15.3. The van der Waals surface area contributed by atoms with E-state index in [2.05, 4.69) is 10.0 Å². The van der Waals surface area contributed by atoms with Gasteiger partial charge in [-0.2, -0.15) is 0 Å². The van der Waals surface area contributed by atoms with E-state index in [1.165, 1.54) is 19.2 Å². The van der Waals surface area contributed by atoms with Crippen LogP contribution in [-0.2, 0) is 16.6 Å². The minimum Gasteiger partial charge on any atom is -0.355 e. The van der Waals surface area contributed by atoms with Crippen molar-refractivity contribution in [1.29, 1.82) is 0 Å². The van der Waals surface area contributed by atoms with E-state index < -0.39 is 10.0 Å². The summed E-state index contributed by atoms with van der Waals surface area (Å²) in [4.78, 5) is 11.6. The van der Waals surface area contributed by atoms with Gasteiger partial charge in [-0.25, -0.2) is 13.1 Å². The normalized spacial score (nSPS) is 11.1. The maximum Gasteiger partial charge on any atom is 0.251 e. The molecule has 0 aromatic heterocycles. The van der Waals surface area contributed by atoms with Gasteiger partial charge in [-0.3, -0.25) is 4.79 Å². The summed E-state index contributed by atoms with van der Waals surface area (Å²) in [6.07, 6.45) is 0. The van der Waals surface area contributed by atoms with Crippen LogP contribution in [0.3, 0.4) is 0 Å². The number of carbonyl (C=O) groups is 1. The largest absolute Gasteiger partial charge is 0.355 e. The molecule has 0 saturated carbocycles. The molecule has 2 N–H and O–H groups in total. The summed E-state index contributed by atoms with van der Waals surface area (Å²) in [6, 6.07) is 15.1. The molecule has 0 bridgehead atoms. The minimum atomic E-state index is -3.65. The third-order valence-corrected chi connectivity index (χ3v) is 4.34. The van der Waals surface area contributed by atoms with Crippen LogP contribution in [0.4, 0.5) is 0 Å².